The summed E-state index contributed by atoms with van der Waals surface area (Å²) in [4.78, 5) is 39.2. The summed E-state index contributed by atoms with van der Waals surface area (Å²) in [7, 11) is 5.89. The first kappa shape index (κ1) is 31.2. The molecule has 1 fully saturated rings. The highest BCUT2D eigenvalue weighted by Crippen LogP contribution is 2.34. The van der Waals surface area contributed by atoms with Crippen molar-refractivity contribution in [3.63, 3.8) is 0 Å². The van der Waals surface area contributed by atoms with Gasteiger partial charge in [0.05, 0.1) is 18.1 Å². The van der Waals surface area contributed by atoms with E-state index in [2.05, 4.69) is 32.4 Å². The van der Waals surface area contributed by atoms with Gasteiger partial charge in [0.15, 0.2) is 5.84 Å². The molecule has 0 bridgehead atoms. The lowest BCUT2D eigenvalue weighted by atomic mass is 9.90. The van der Waals surface area contributed by atoms with Crippen molar-refractivity contribution in [3.05, 3.63) is 59.5 Å². The zero-order valence-electron chi connectivity index (χ0n) is 25.6. The van der Waals surface area contributed by atoms with Crippen molar-refractivity contribution in [2.24, 2.45) is 21.6 Å². The van der Waals surface area contributed by atoms with Crippen molar-refractivity contribution in [3.8, 4) is 0 Å². The van der Waals surface area contributed by atoms with E-state index in [1.807, 2.05) is 58.1 Å². The number of aliphatic imine (C=N–C) groups is 2. The molecule has 0 aromatic rings. The first-order valence-electron chi connectivity index (χ1n) is 14.7. The molecule has 1 aliphatic carbocycles. The van der Waals surface area contributed by atoms with E-state index in [1.54, 1.807) is 6.20 Å². The molecule has 0 spiro atoms. The second kappa shape index (κ2) is 13.5. The molecule has 0 aromatic carbocycles. The molecule has 2 atom stereocenters. The van der Waals surface area contributed by atoms with E-state index in [4.69, 9.17) is 15.5 Å². The van der Waals surface area contributed by atoms with Crippen LogP contribution in [-0.4, -0.2) is 98.5 Å². The van der Waals surface area contributed by atoms with E-state index in [0.29, 0.717) is 37.0 Å². The number of carbonyl (C=O) groups is 2. The van der Waals surface area contributed by atoms with Crippen LogP contribution in [0.2, 0.25) is 0 Å². The molecule has 0 radical (unpaired) electrons. The Morgan fingerprint density at radius 2 is 2.05 bits per heavy atom. The zero-order chi connectivity index (χ0) is 30.4. The van der Waals surface area contributed by atoms with Gasteiger partial charge in [-0.15, -0.1) is 0 Å². The van der Waals surface area contributed by atoms with Gasteiger partial charge in [-0.05, 0) is 71.2 Å². The monoisotopic (exact) mass is 578 g/mol. The molecular formula is C31H46N8O3. The van der Waals surface area contributed by atoms with Crippen LogP contribution >= 0.6 is 0 Å². The average Bonchev–Trinajstić information content (AvgIpc) is 3.08. The number of amidine groups is 2. The topological polar surface area (TPSA) is 137 Å². The predicted molar refractivity (Wildman–Crippen MR) is 167 cm³/mol. The van der Waals surface area contributed by atoms with Gasteiger partial charge in [0.25, 0.3) is 0 Å². The fraction of sp³-hybridized carbons (Fsp3) is 0.548. The minimum Gasteiger partial charge on any atom is -0.389 e. The van der Waals surface area contributed by atoms with Crippen LogP contribution in [0, 0.1) is 5.92 Å². The third-order valence-corrected chi connectivity index (χ3v) is 8.45. The molecule has 11 heteroatoms. The molecule has 5 N–H and O–H groups in total. The van der Waals surface area contributed by atoms with Crippen LogP contribution in [0.4, 0.5) is 4.79 Å². The molecule has 1 unspecified atom stereocenters. The maximum atomic E-state index is 13.8. The molecule has 228 valence electrons. The summed E-state index contributed by atoms with van der Waals surface area (Å²) < 4.78 is 5.57. The highest BCUT2D eigenvalue weighted by atomic mass is 16.5. The van der Waals surface area contributed by atoms with Crippen molar-refractivity contribution in [2.75, 3.05) is 47.4 Å². The Kier molecular flexibility index (Phi) is 10.1. The lowest BCUT2D eigenvalue weighted by molar-refractivity contribution is -0.116. The van der Waals surface area contributed by atoms with Crippen molar-refractivity contribution < 1.29 is 14.3 Å². The van der Waals surface area contributed by atoms with Gasteiger partial charge in [-0.2, -0.15) is 0 Å². The number of nitrogens with two attached hydrogens (primary N) is 1. The van der Waals surface area contributed by atoms with Crippen LogP contribution in [0.15, 0.2) is 69.5 Å². The number of carbonyl (C=O) groups excluding carboxylic acids is 2. The highest BCUT2D eigenvalue weighted by Gasteiger charge is 2.44. The van der Waals surface area contributed by atoms with Crippen LogP contribution < -0.4 is 21.7 Å². The van der Waals surface area contributed by atoms with E-state index in [1.165, 1.54) is 6.08 Å². The number of hydrogen-bond donors (Lipinski definition) is 4. The Morgan fingerprint density at radius 1 is 1.31 bits per heavy atom. The summed E-state index contributed by atoms with van der Waals surface area (Å²) in [5.74, 6) is 0.894. The summed E-state index contributed by atoms with van der Waals surface area (Å²) in [6.07, 6.45) is 12.1. The Labute approximate surface area is 249 Å². The van der Waals surface area contributed by atoms with Gasteiger partial charge in [-0.3, -0.25) is 4.79 Å². The smallest absolute Gasteiger partial charge is 0.318 e. The van der Waals surface area contributed by atoms with Crippen LogP contribution in [0.5, 0.6) is 0 Å². The van der Waals surface area contributed by atoms with Crippen molar-refractivity contribution in [1.29, 1.82) is 0 Å². The van der Waals surface area contributed by atoms with Crippen LogP contribution in [0.25, 0.3) is 0 Å². The average molecular weight is 579 g/mol. The fourth-order valence-electron chi connectivity index (χ4n) is 6.24. The Balaban J connectivity index is 1.59. The van der Waals surface area contributed by atoms with Crippen LogP contribution in [0.1, 0.15) is 39.5 Å². The number of nitrogens with zero attached hydrogens (tertiary/aromatic N) is 4. The molecule has 4 aliphatic rings. The molecule has 0 saturated carbocycles. The normalized spacial score (nSPS) is 23.4. The maximum absolute atomic E-state index is 13.8. The number of ether oxygens (including phenoxy) is 1. The molecular weight excluding hydrogens is 532 g/mol. The summed E-state index contributed by atoms with van der Waals surface area (Å²) in [6, 6.07) is -0.308. The van der Waals surface area contributed by atoms with Crippen LogP contribution in [-0.2, 0) is 9.53 Å². The molecule has 11 nitrogen and oxygen atoms in total. The summed E-state index contributed by atoms with van der Waals surface area (Å²) in [5.41, 5.74) is 9.49. The Morgan fingerprint density at radius 3 is 2.71 bits per heavy atom. The SMILES string of the molecule is C=CC(=O)NC1CC=CC2=C1CC=CN=C2N=C(N)C1=C(NC)C(C)(C)N(C(=O)N[C@H](CN(C)C)C2CCOCC2)C1. The van der Waals surface area contributed by atoms with E-state index in [9.17, 15) is 9.59 Å². The third kappa shape index (κ3) is 6.84. The lowest BCUT2D eigenvalue weighted by Gasteiger charge is -2.38. The van der Waals surface area contributed by atoms with Gasteiger partial charge >= 0.3 is 6.03 Å². The lowest BCUT2D eigenvalue weighted by Crippen LogP contribution is -2.56. The number of amides is 3. The standard InChI is InChI=1S/C31H46N8O3/c1-7-26(40)35-24-12-8-10-22-21(24)11-9-15-34-29(22)37-28(32)23-18-39(31(2,3)27(23)33-4)30(41)36-25(19-38(5)6)20-13-16-42-17-14-20/h7-10,15,20,24-25,33H,1,11-14,16-19H2,2-6H3,(H,35,40)(H,36,41)(H2,32,34,37)/t24?,25-/m1/s1. The number of allylic oxidation sites excluding steroid dienone is 1. The third-order valence-electron chi connectivity index (χ3n) is 8.45. The molecule has 0 aromatic heterocycles. The number of hydrogen-bond acceptors (Lipinski definition) is 7. The van der Waals surface area contributed by atoms with Gasteiger partial charge < -0.3 is 36.2 Å². The van der Waals surface area contributed by atoms with Gasteiger partial charge in [0.1, 0.15) is 5.84 Å². The quantitative estimate of drug-likeness (QED) is 0.198. The summed E-state index contributed by atoms with van der Waals surface area (Å²) in [5, 5.41) is 9.64. The highest BCUT2D eigenvalue weighted by molar-refractivity contribution is 6.13. The van der Waals surface area contributed by atoms with Gasteiger partial charge in [0.2, 0.25) is 5.91 Å². The Bertz CT molecular complexity index is 1250. The van der Waals surface area contributed by atoms with Crippen molar-refractivity contribution in [1.82, 2.24) is 25.8 Å². The molecule has 42 heavy (non-hydrogen) atoms. The predicted octanol–water partition coefficient (Wildman–Crippen LogP) is 2.22. The number of nitrogens with one attached hydrogen (secondary N) is 3. The first-order valence-corrected chi connectivity index (χ1v) is 14.7. The van der Waals surface area contributed by atoms with Crippen LogP contribution in [0.3, 0.4) is 0 Å². The van der Waals surface area contributed by atoms with Crippen molar-refractivity contribution >= 4 is 23.6 Å². The molecule has 3 aliphatic heterocycles. The number of rotatable bonds is 8. The minimum absolute atomic E-state index is 0.00500. The van der Waals surface area contributed by atoms with Gasteiger partial charge in [-0.1, -0.05) is 24.8 Å². The zero-order valence-corrected chi connectivity index (χ0v) is 25.6. The summed E-state index contributed by atoms with van der Waals surface area (Å²) in [6.45, 7) is 10.1. The van der Waals surface area contributed by atoms with E-state index in [0.717, 1.165) is 55.0 Å². The second-order valence-electron chi connectivity index (χ2n) is 11.9. The maximum Gasteiger partial charge on any atom is 0.318 e. The van der Waals surface area contributed by atoms with E-state index < -0.39 is 5.54 Å². The second-order valence-corrected chi connectivity index (χ2v) is 11.9. The van der Waals surface area contributed by atoms with E-state index >= 15 is 0 Å². The van der Waals surface area contributed by atoms with E-state index in [-0.39, 0.29) is 24.0 Å². The largest absolute Gasteiger partial charge is 0.389 e. The molecule has 4 rings (SSSR count). The fourth-order valence-corrected chi connectivity index (χ4v) is 6.24. The van der Waals surface area contributed by atoms with Gasteiger partial charge in [-0.25, -0.2) is 14.8 Å². The molecule has 3 amide bonds. The molecule has 1 saturated heterocycles. The summed E-state index contributed by atoms with van der Waals surface area (Å²) >= 11 is 0. The molecule has 3 heterocycles. The number of likely N-dealkylation sites (N-methyl/N-ethyl adjacent to an activating group) is 2. The first-order chi connectivity index (χ1) is 20.1. The Hall–Kier alpha value is -3.70. The van der Waals surface area contributed by atoms with Gasteiger partial charge in [0, 0.05) is 55.9 Å². The van der Waals surface area contributed by atoms with Crippen molar-refractivity contribution in [2.45, 2.75) is 57.2 Å². The minimum atomic E-state index is -0.646. The number of urea groups is 1.